The van der Waals surface area contributed by atoms with Crippen molar-refractivity contribution in [2.75, 3.05) is 5.73 Å². The lowest BCUT2D eigenvalue weighted by Crippen LogP contribution is -1.91. The number of hydrogen-bond acceptors (Lipinski definition) is 2. The minimum atomic E-state index is 0.616. The number of aromatic nitrogens is 2. The minimum Gasteiger partial charge on any atom is -0.382 e. The fourth-order valence-electron chi connectivity index (χ4n) is 2.04. The first-order chi connectivity index (χ1) is 6.16. The number of nitrogen functional groups attached to an aromatic ring is 1. The maximum Gasteiger partial charge on any atom is 0.145 e. The van der Waals surface area contributed by atoms with E-state index in [4.69, 9.17) is 5.73 Å². The van der Waals surface area contributed by atoms with Gasteiger partial charge in [0, 0.05) is 17.7 Å². The molecule has 0 spiro atoms. The summed E-state index contributed by atoms with van der Waals surface area (Å²) in [5.74, 6) is 2.98. The molecule has 1 fully saturated rings. The molecule has 0 amide bonds. The quantitative estimate of drug-likeness (QED) is 0.747. The number of H-pyrrole nitrogens is 1. The molecule has 0 unspecified atom stereocenters. The van der Waals surface area contributed by atoms with Crippen molar-refractivity contribution in [1.29, 1.82) is 0 Å². The smallest absolute Gasteiger partial charge is 0.145 e. The molecule has 1 aliphatic carbocycles. The van der Waals surface area contributed by atoms with Crippen LogP contribution in [0.3, 0.4) is 0 Å². The van der Waals surface area contributed by atoms with E-state index in [1.54, 1.807) is 0 Å². The number of nitrogens with one attached hydrogen (secondary N) is 1. The van der Waals surface area contributed by atoms with Crippen LogP contribution in [0.25, 0.3) is 0 Å². The van der Waals surface area contributed by atoms with Crippen molar-refractivity contribution in [2.24, 2.45) is 11.8 Å². The summed E-state index contributed by atoms with van der Waals surface area (Å²) in [7, 11) is 0. The van der Waals surface area contributed by atoms with Gasteiger partial charge in [0.25, 0.3) is 0 Å². The number of nitrogens with two attached hydrogens (primary N) is 1. The minimum absolute atomic E-state index is 0.616. The van der Waals surface area contributed by atoms with E-state index in [2.05, 4.69) is 24.0 Å². The Morgan fingerprint density at radius 2 is 2.46 bits per heavy atom. The molecule has 3 heteroatoms. The topological polar surface area (TPSA) is 54.7 Å². The van der Waals surface area contributed by atoms with Crippen molar-refractivity contribution >= 4 is 5.82 Å². The Balaban J connectivity index is 1.92. The van der Waals surface area contributed by atoms with Gasteiger partial charge in [-0.15, -0.1) is 0 Å². The monoisotopic (exact) mass is 179 g/mol. The summed E-state index contributed by atoms with van der Waals surface area (Å²) in [5.41, 5.74) is 6.77. The van der Waals surface area contributed by atoms with Crippen molar-refractivity contribution in [1.82, 2.24) is 10.2 Å². The largest absolute Gasteiger partial charge is 0.382 e. The van der Waals surface area contributed by atoms with Gasteiger partial charge in [-0.3, -0.25) is 5.10 Å². The summed E-state index contributed by atoms with van der Waals surface area (Å²) in [4.78, 5) is 0. The Morgan fingerprint density at radius 3 is 3.00 bits per heavy atom. The third-order valence-corrected chi connectivity index (χ3v) is 2.71. The van der Waals surface area contributed by atoms with Gasteiger partial charge in [-0.25, -0.2) is 0 Å². The van der Waals surface area contributed by atoms with E-state index in [0.29, 0.717) is 11.7 Å². The van der Waals surface area contributed by atoms with Crippen LogP contribution in [0.4, 0.5) is 5.82 Å². The van der Waals surface area contributed by atoms with Crippen molar-refractivity contribution in [3.8, 4) is 0 Å². The Morgan fingerprint density at radius 1 is 1.69 bits per heavy atom. The molecule has 1 aromatic heterocycles. The molecule has 3 nitrogen and oxygen atoms in total. The van der Waals surface area contributed by atoms with Crippen molar-refractivity contribution < 1.29 is 0 Å². The maximum atomic E-state index is 5.55. The van der Waals surface area contributed by atoms with Gasteiger partial charge in [0.05, 0.1) is 0 Å². The highest BCUT2D eigenvalue weighted by molar-refractivity contribution is 5.32. The highest BCUT2D eigenvalue weighted by Crippen LogP contribution is 2.50. The van der Waals surface area contributed by atoms with Gasteiger partial charge >= 0.3 is 0 Å². The second kappa shape index (κ2) is 3.05. The SMILES string of the molecule is CC(C)C[C@@H]1C[C@H]1c1cc(N)n[nH]1. The molecular weight excluding hydrogens is 162 g/mol. The van der Waals surface area contributed by atoms with Crippen LogP contribution >= 0.6 is 0 Å². The highest BCUT2D eigenvalue weighted by atomic mass is 15.2. The van der Waals surface area contributed by atoms with E-state index in [1.807, 2.05) is 6.07 Å². The van der Waals surface area contributed by atoms with Crippen LogP contribution in [0.15, 0.2) is 6.07 Å². The van der Waals surface area contributed by atoms with E-state index >= 15 is 0 Å². The van der Waals surface area contributed by atoms with Crippen LogP contribution in [-0.2, 0) is 0 Å². The summed E-state index contributed by atoms with van der Waals surface area (Å²) in [6.45, 7) is 4.55. The standard InChI is InChI=1S/C10H17N3/c1-6(2)3-7-4-8(7)9-5-10(11)13-12-9/h5-8H,3-4H2,1-2H3,(H3,11,12,13)/t7-,8-/m1/s1. The predicted molar refractivity (Wildman–Crippen MR) is 53.3 cm³/mol. The van der Waals surface area contributed by atoms with E-state index in [-0.39, 0.29) is 0 Å². The van der Waals surface area contributed by atoms with Gasteiger partial charge in [0.1, 0.15) is 5.82 Å². The van der Waals surface area contributed by atoms with Crippen molar-refractivity contribution in [3.63, 3.8) is 0 Å². The van der Waals surface area contributed by atoms with E-state index in [1.165, 1.54) is 18.5 Å². The Labute approximate surface area is 78.7 Å². The second-order valence-electron chi connectivity index (χ2n) is 4.48. The van der Waals surface area contributed by atoms with E-state index < -0.39 is 0 Å². The molecule has 0 aromatic carbocycles. The molecule has 0 bridgehead atoms. The van der Waals surface area contributed by atoms with Crippen LogP contribution in [0.1, 0.15) is 38.3 Å². The van der Waals surface area contributed by atoms with E-state index in [0.717, 1.165) is 11.8 Å². The fraction of sp³-hybridized carbons (Fsp3) is 0.700. The first kappa shape index (κ1) is 8.60. The van der Waals surface area contributed by atoms with Crippen molar-refractivity contribution in [3.05, 3.63) is 11.8 Å². The first-order valence-electron chi connectivity index (χ1n) is 4.97. The molecule has 1 heterocycles. The molecule has 13 heavy (non-hydrogen) atoms. The van der Waals surface area contributed by atoms with Gasteiger partial charge in [-0.05, 0) is 24.7 Å². The van der Waals surface area contributed by atoms with Crippen LogP contribution in [0.2, 0.25) is 0 Å². The molecular formula is C10H17N3. The average Bonchev–Trinajstić information content (AvgIpc) is 2.63. The van der Waals surface area contributed by atoms with Crippen LogP contribution < -0.4 is 5.73 Å². The molecule has 0 radical (unpaired) electrons. The third kappa shape index (κ3) is 1.85. The van der Waals surface area contributed by atoms with Gasteiger partial charge in [0.2, 0.25) is 0 Å². The normalized spacial score (nSPS) is 26.7. The molecule has 2 rings (SSSR count). The number of aromatic amines is 1. The number of hydrogen-bond donors (Lipinski definition) is 2. The summed E-state index contributed by atoms with van der Waals surface area (Å²) in [6, 6.07) is 1.96. The third-order valence-electron chi connectivity index (χ3n) is 2.71. The molecule has 2 atom stereocenters. The summed E-state index contributed by atoms with van der Waals surface area (Å²) < 4.78 is 0. The Hall–Kier alpha value is -0.990. The van der Waals surface area contributed by atoms with Gasteiger partial charge in [-0.2, -0.15) is 5.10 Å². The predicted octanol–water partition coefficient (Wildman–Crippen LogP) is 2.14. The maximum absolute atomic E-state index is 5.55. The lowest BCUT2D eigenvalue weighted by atomic mass is 10.1. The van der Waals surface area contributed by atoms with Crippen LogP contribution in [0.5, 0.6) is 0 Å². The van der Waals surface area contributed by atoms with Crippen molar-refractivity contribution in [2.45, 2.75) is 32.6 Å². The van der Waals surface area contributed by atoms with Gasteiger partial charge in [-0.1, -0.05) is 13.8 Å². The summed E-state index contributed by atoms with van der Waals surface area (Å²) >= 11 is 0. The molecule has 0 aliphatic heterocycles. The zero-order chi connectivity index (χ0) is 9.42. The fourth-order valence-corrected chi connectivity index (χ4v) is 2.04. The highest BCUT2D eigenvalue weighted by Gasteiger charge is 2.39. The summed E-state index contributed by atoms with van der Waals surface area (Å²) in [6.07, 6.45) is 2.63. The Bertz CT molecular complexity index is 290. The summed E-state index contributed by atoms with van der Waals surface area (Å²) in [5, 5.41) is 6.94. The van der Waals surface area contributed by atoms with Gasteiger partial charge < -0.3 is 5.73 Å². The van der Waals surface area contributed by atoms with Crippen LogP contribution in [-0.4, -0.2) is 10.2 Å². The lowest BCUT2D eigenvalue weighted by Gasteiger charge is -2.01. The zero-order valence-electron chi connectivity index (χ0n) is 8.25. The van der Waals surface area contributed by atoms with Gasteiger partial charge in [0.15, 0.2) is 0 Å². The molecule has 1 aliphatic rings. The number of rotatable bonds is 3. The average molecular weight is 179 g/mol. The molecule has 1 saturated carbocycles. The van der Waals surface area contributed by atoms with E-state index in [9.17, 15) is 0 Å². The molecule has 0 saturated heterocycles. The molecule has 3 N–H and O–H groups in total. The molecule has 72 valence electrons. The lowest BCUT2D eigenvalue weighted by molar-refractivity contribution is 0.530. The zero-order valence-corrected chi connectivity index (χ0v) is 8.25. The molecule has 1 aromatic rings. The van der Waals surface area contributed by atoms with Crippen LogP contribution in [0, 0.1) is 11.8 Å². The number of nitrogens with zero attached hydrogens (tertiary/aromatic N) is 1. The second-order valence-corrected chi connectivity index (χ2v) is 4.48. The Kier molecular flexibility index (Phi) is 2.02. The first-order valence-corrected chi connectivity index (χ1v) is 4.97. The number of anilines is 1.